The molecule has 0 aliphatic heterocycles. The summed E-state index contributed by atoms with van der Waals surface area (Å²) in [4.78, 5) is 10.0. The quantitative estimate of drug-likeness (QED) is 0.572. The van der Waals surface area contributed by atoms with Crippen LogP contribution in [0.1, 0.15) is 11.1 Å². The minimum Gasteiger partial charge on any atom is -0.303 e. The summed E-state index contributed by atoms with van der Waals surface area (Å²) in [6.07, 6.45) is 1.50. The van der Waals surface area contributed by atoms with Crippen molar-refractivity contribution in [2.75, 3.05) is 0 Å². The van der Waals surface area contributed by atoms with Gasteiger partial charge in [-0.2, -0.15) is 11.3 Å². The van der Waals surface area contributed by atoms with Gasteiger partial charge in [0.25, 0.3) is 0 Å². The fourth-order valence-electron chi connectivity index (χ4n) is 0.686. The molecule has 0 radical (unpaired) electrons. The minimum atomic E-state index is 0.565. The summed E-state index contributed by atoms with van der Waals surface area (Å²) in [5.41, 5.74) is 2.39. The van der Waals surface area contributed by atoms with E-state index in [9.17, 15) is 4.79 Å². The van der Waals surface area contributed by atoms with E-state index in [0.717, 1.165) is 11.8 Å². The standard InChI is InChI=1S/C7H8OS/c1-6-4-9-5-7(6)2-3-8/h3-5H,2H2,1H3. The average Bonchev–Trinajstić information content (AvgIpc) is 2.18. The Balaban J connectivity index is 2.80. The second-order valence-corrected chi connectivity index (χ2v) is 2.69. The molecular weight excluding hydrogens is 132 g/mol. The Bertz CT molecular complexity index is 202. The molecule has 0 unspecified atom stereocenters. The van der Waals surface area contributed by atoms with Gasteiger partial charge in [0.15, 0.2) is 0 Å². The molecule has 0 aliphatic carbocycles. The van der Waals surface area contributed by atoms with Crippen molar-refractivity contribution in [3.63, 3.8) is 0 Å². The maximum Gasteiger partial charge on any atom is 0.124 e. The summed E-state index contributed by atoms with van der Waals surface area (Å²) in [6, 6.07) is 0. The molecule has 0 aromatic carbocycles. The Morgan fingerprint density at radius 2 is 2.44 bits per heavy atom. The molecule has 0 spiro atoms. The maximum atomic E-state index is 10.0. The van der Waals surface area contributed by atoms with Crippen LogP contribution in [0.3, 0.4) is 0 Å². The average molecular weight is 140 g/mol. The van der Waals surface area contributed by atoms with E-state index in [-0.39, 0.29) is 0 Å². The molecule has 0 amide bonds. The molecule has 0 saturated carbocycles. The summed E-state index contributed by atoms with van der Waals surface area (Å²) >= 11 is 1.65. The first-order chi connectivity index (χ1) is 4.34. The van der Waals surface area contributed by atoms with Crippen LogP contribution in [0.5, 0.6) is 0 Å². The Kier molecular flexibility index (Phi) is 2.01. The van der Waals surface area contributed by atoms with E-state index in [1.165, 1.54) is 5.56 Å². The number of carbonyl (C=O) groups is 1. The van der Waals surface area contributed by atoms with Gasteiger partial charge >= 0.3 is 0 Å². The molecule has 48 valence electrons. The van der Waals surface area contributed by atoms with Crippen molar-refractivity contribution in [2.45, 2.75) is 13.3 Å². The molecule has 0 aliphatic rings. The Hall–Kier alpha value is -0.630. The van der Waals surface area contributed by atoms with Crippen molar-refractivity contribution in [1.82, 2.24) is 0 Å². The van der Waals surface area contributed by atoms with E-state index < -0.39 is 0 Å². The monoisotopic (exact) mass is 140 g/mol. The van der Waals surface area contributed by atoms with Crippen LogP contribution in [0.15, 0.2) is 10.8 Å². The van der Waals surface area contributed by atoms with Crippen LogP contribution >= 0.6 is 11.3 Å². The van der Waals surface area contributed by atoms with Crippen molar-refractivity contribution >= 4 is 17.6 Å². The number of aldehydes is 1. The van der Waals surface area contributed by atoms with Crippen molar-refractivity contribution in [3.05, 3.63) is 21.9 Å². The van der Waals surface area contributed by atoms with Gasteiger partial charge in [-0.1, -0.05) is 0 Å². The second kappa shape index (κ2) is 2.78. The highest BCUT2D eigenvalue weighted by Gasteiger charge is 1.95. The lowest BCUT2D eigenvalue weighted by Gasteiger charge is -1.87. The van der Waals surface area contributed by atoms with Crippen LogP contribution in [0.4, 0.5) is 0 Å². The van der Waals surface area contributed by atoms with Gasteiger partial charge in [0.2, 0.25) is 0 Å². The van der Waals surface area contributed by atoms with Crippen molar-refractivity contribution in [1.29, 1.82) is 0 Å². The van der Waals surface area contributed by atoms with E-state index >= 15 is 0 Å². The number of hydrogen-bond donors (Lipinski definition) is 0. The lowest BCUT2D eigenvalue weighted by Crippen LogP contribution is -1.83. The van der Waals surface area contributed by atoms with E-state index in [0.29, 0.717) is 6.42 Å². The largest absolute Gasteiger partial charge is 0.303 e. The van der Waals surface area contributed by atoms with E-state index in [1.54, 1.807) is 11.3 Å². The zero-order chi connectivity index (χ0) is 6.69. The van der Waals surface area contributed by atoms with Gasteiger partial charge in [0, 0.05) is 6.42 Å². The smallest absolute Gasteiger partial charge is 0.124 e. The highest BCUT2D eigenvalue weighted by molar-refractivity contribution is 7.08. The van der Waals surface area contributed by atoms with E-state index in [1.807, 2.05) is 12.3 Å². The Labute approximate surface area is 58.3 Å². The lowest BCUT2D eigenvalue weighted by atomic mass is 10.2. The minimum absolute atomic E-state index is 0.565. The molecule has 0 atom stereocenters. The zero-order valence-electron chi connectivity index (χ0n) is 5.26. The molecular formula is C7H8OS. The van der Waals surface area contributed by atoms with Gasteiger partial charge in [-0.05, 0) is 28.8 Å². The Morgan fingerprint density at radius 3 is 2.89 bits per heavy atom. The molecule has 1 aromatic rings. The first-order valence-electron chi connectivity index (χ1n) is 2.80. The normalized spacial score (nSPS) is 9.44. The summed E-state index contributed by atoms with van der Waals surface area (Å²) in [6.45, 7) is 2.02. The second-order valence-electron chi connectivity index (χ2n) is 1.95. The van der Waals surface area contributed by atoms with Gasteiger partial charge in [-0.15, -0.1) is 0 Å². The summed E-state index contributed by atoms with van der Waals surface area (Å²) in [7, 11) is 0. The lowest BCUT2D eigenvalue weighted by molar-refractivity contribution is -0.107. The molecule has 1 aromatic heterocycles. The topological polar surface area (TPSA) is 17.1 Å². The molecule has 1 rings (SSSR count). The van der Waals surface area contributed by atoms with Gasteiger partial charge in [0.1, 0.15) is 6.29 Å². The number of hydrogen-bond acceptors (Lipinski definition) is 2. The Morgan fingerprint density at radius 1 is 1.67 bits per heavy atom. The van der Waals surface area contributed by atoms with Crippen LogP contribution < -0.4 is 0 Å². The molecule has 1 heterocycles. The van der Waals surface area contributed by atoms with Crippen LogP contribution in [0.25, 0.3) is 0 Å². The predicted octanol–water partition coefficient (Wildman–Crippen LogP) is 1.80. The van der Waals surface area contributed by atoms with Crippen molar-refractivity contribution < 1.29 is 4.79 Å². The van der Waals surface area contributed by atoms with Gasteiger partial charge in [-0.3, -0.25) is 0 Å². The molecule has 0 bridgehead atoms. The van der Waals surface area contributed by atoms with Gasteiger partial charge in [-0.25, -0.2) is 0 Å². The first kappa shape index (κ1) is 6.49. The SMILES string of the molecule is Cc1cscc1CC=O. The third-order valence-electron chi connectivity index (χ3n) is 1.26. The summed E-state index contributed by atoms with van der Waals surface area (Å²) in [5, 5.41) is 4.07. The predicted molar refractivity (Wildman–Crippen MR) is 38.8 cm³/mol. The van der Waals surface area contributed by atoms with E-state index in [4.69, 9.17) is 0 Å². The molecule has 0 fully saturated rings. The molecule has 0 N–H and O–H groups in total. The zero-order valence-corrected chi connectivity index (χ0v) is 6.07. The van der Waals surface area contributed by atoms with Crippen LogP contribution in [-0.4, -0.2) is 6.29 Å². The maximum absolute atomic E-state index is 10.0. The number of carbonyl (C=O) groups excluding carboxylic acids is 1. The summed E-state index contributed by atoms with van der Waals surface area (Å²) < 4.78 is 0. The molecule has 0 saturated heterocycles. The van der Waals surface area contributed by atoms with Crippen LogP contribution in [0, 0.1) is 6.92 Å². The van der Waals surface area contributed by atoms with Gasteiger partial charge in [0.05, 0.1) is 0 Å². The third-order valence-corrected chi connectivity index (χ3v) is 2.18. The van der Waals surface area contributed by atoms with E-state index in [2.05, 4.69) is 5.38 Å². The number of rotatable bonds is 2. The van der Waals surface area contributed by atoms with Crippen LogP contribution in [0.2, 0.25) is 0 Å². The number of aryl methyl sites for hydroxylation is 1. The summed E-state index contributed by atoms with van der Waals surface area (Å²) in [5.74, 6) is 0. The first-order valence-corrected chi connectivity index (χ1v) is 3.74. The molecule has 1 nitrogen and oxygen atoms in total. The highest BCUT2D eigenvalue weighted by atomic mass is 32.1. The van der Waals surface area contributed by atoms with Crippen molar-refractivity contribution in [2.24, 2.45) is 0 Å². The van der Waals surface area contributed by atoms with Crippen molar-refractivity contribution in [3.8, 4) is 0 Å². The van der Waals surface area contributed by atoms with Gasteiger partial charge < -0.3 is 4.79 Å². The third kappa shape index (κ3) is 1.39. The fraction of sp³-hybridized carbons (Fsp3) is 0.286. The fourth-order valence-corrected chi connectivity index (χ4v) is 1.56. The molecule has 2 heteroatoms. The number of thiophene rings is 1. The highest BCUT2D eigenvalue weighted by Crippen LogP contribution is 2.12. The van der Waals surface area contributed by atoms with Crippen LogP contribution in [-0.2, 0) is 11.2 Å². The molecule has 9 heavy (non-hydrogen) atoms.